The van der Waals surface area contributed by atoms with Gasteiger partial charge in [0.05, 0.1) is 14.9 Å². The van der Waals surface area contributed by atoms with Gasteiger partial charge in [-0.25, -0.2) is 17.9 Å². The summed E-state index contributed by atoms with van der Waals surface area (Å²) in [4.78, 5) is 11.8. The highest BCUT2D eigenvalue weighted by Gasteiger charge is 2.27. The van der Waals surface area contributed by atoms with Crippen molar-refractivity contribution in [2.75, 3.05) is 0 Å². The third-order valence-corrected chi connectivity index (χ3v) is 5.82. The molecule has 8 heteroatoms. The molecule has 0 heterocycles. The minimum atomic E-state index is -4.12. The Balaban J connectivity index is 2.30. The Morgan fingerprint density at radius 1 is 1.48 bits per heavy atom. The van der Waals surface area contributed by atoms with Gasteiger partial charge in [-0.1, -0.05) is 6.42 Å². The summed E-state index contributed by atoms with van der Waals surface area (Å²) in [5.74, 6) is -0.937. The Hall–Kier alpha value is -0.990. The molecule has 0 aromatic heterocycles. The highest BCUT2D eigenvalue weighted by molar-refractivity contribution is 9.10. The SMILES string of the molecule is CC(NC(=O)c1cc(F)cc(S(N)(=O)=O)c1Br)C1CCC1. The number of rotatable bonds is 4. The number of amides is 1. The monoisotopic (exact) mass is 378 g/mol. The smallest absolute Gasteiger partial charge is 0.252 e. The number of nitrogens with one attached hydrogen (secondary N) is 1. The highest BCUT2D eigenvalue weighted by atomic mass is 79.9. The van der Waals surface area contributed by atoms with E-state index in [1.54, 1.807) is 0 Å². The van der Waals surface area contributed by atoms with E-state index in [-0.39, 0.29) is 16.1 Å². The van der Waals surface area contributed by atoms with Gasteiger partial charge in [0, 0.05) is 6.04 Å². The minimum absolute atomic E-state index is 0.0234. The lowest BCUT2D eigenvalue weighted by atomic mass is 9.80. The van der Waals surface area contributed by atoms with E-state index in [1.807, 2.05) is 6.92 Å². The summed E-state index contributed by atoms with van der Waals surface area (Å²) in [7, 11) is -4.12. The van der Waals surface area contributed by atoms with Crippen molar-refractivity contribution in [3.8, 4) is 0 Å². The third kappa shape index (κ3) is 3.61. The van der Waals surface area contributed by atoms with Crippen molar-refractivity contribution in [3.05, 3.63) is 28.0 Å². The molecule has 1 aromatic rings. The molecule has 2 rings (SSSR count). The van der Waals surface area contributed by atoms with Crippen molar-refractivity contribution in [2.24, 2.45) is 11.1 Å². The molecule has 0 spiro atoms. The predicted molar refractivity (Wildman–Crippen MR) is 79.7 cm³/mol. The lowest BCUT2D eigenvalue weighted by Gasteiger charge is -2.32. The number of nitrogens with two attached hydrogens (primary N) is 1. The molecule has 1 unspecified atom stereocenters. The molecular weight excluding hydrogens is 363 g/mol. The van der Waals surface area contributed by atoms with Gasteiger partial charge in [0.2, 0.25) is 10.0 Å². The van der Waals surface area contributed by atoms with Crippen LogP contribution >= 0.6 is 15.9 Å². The molecule has 3 N–H and O–H groups in total. The van der Waals surface area contributed by atoms with Crippen molar-refractivity contribution in [2.45, 2.75) is 37.1 Å². The molecule has 1 aromatic carbocycles. The maximum absolute atomic E-state index is 13.6. The summed E-state index contributed by atoms with van der Waals surface area (Å²) in [5, 5.41) is 7.79. The van der Waals surface area contributed by atoms with Crippen LogP contribution in [-0.4, -0.2) is 20.4 Å². The highest BCUT2D eigenvalue weighted by Crippen LogP contribution is 2.30. The molecule has 21 heavy (non-hydrogen) atoms. The van der Waals surface area contributed by atoms with Crippen LogP contribution in [-0.2, 0) is 10.0 Å². The molecule has 5 nitrogen and oxygen atoms in total. The number of halogens is 2. The summed E-state index contributed by atoms with van der Waals surface area (Å²) < 4.78 is 36.4. The maximum Gasteiger partial charge on any atom is 0.252 e. The summed E-state index contributed by atoms with van der Waals surface area (Å²) >= 11 is 3.02. The second kappa shape index (κ2) is 6.02. The van der Waals surface area contributed by atoms with E-state index < -0.39 is 26.6 Å². The second-order valence-corrected chi connectivity index (χ2v) is 7.59. The molecule has 1 aliphatic carbocycles. The number of primary sulfonamides is 1. The summed E-state index contributed by atoms with van der Waals surface area (Å²) in [6, 6.07) is 1.73. The average Bonchev–Trinajstić information content (AvgIpc) is 2.27. The topological polar surface area (TPSA) is 89.3 Å². The summed E-state index contributed by atoms with van der Waals surface area (Å²) in [6.45, 7) is 1.88. The largest absolute Gasteiger partial charge is 0.349 e. The molecule has 1 fully saturated rings. The Kier molecular flexibility index (Phi) is 4.69. The van der Waals surface area contributed by atoms with Crippen LogP contribution < -0.4 is 10.5 Å². The van der Waals surface area contributed by atoms with Crippen LogP contribution in [0.15, 0.2) is 21.5 Å². The van der Waals surface area contributed by atoms with Crippen LogP contribution in [0.1, 0.15) is 36.5 Å². The zero-order valence-corrected chi connectivity index (χ0v) is 13.8. The number of carbonyl (C=O) groups is 1. The number of hydrogen-bond donors (Lipinski definition) is 2. The van der Waals surface area contributed by atoms with E-state index >= 15 is 0 Å². The summed E-state index contributed by atoms with van der Waals surface area (Å²) in [6.07, 6.45) is 3.24. The predicted octanol–water partition coefficient (Wildman–Crippen LogP) is 2.15. The minimum Gasteiger partial charge on any atom is -0.349 e. The fourth-order valence-corrected chi connectivity index (χ4v) is 4.00. The van der Waals surface area contributed by atoms with Crippen LogP contribution in [0.4, 0.5) is 4.39 Å². The lowest BCUT2D eigenvalue weighted by molar-refractivity contribution is 0.0907. The van der Waals surface area contributed by atoms with E-state index in [2.05, 4.69) is 21.2 Å². The van der Waals surface area contributed by atoms with Gasteiger partial charge in [-0.15, -0.1) is 0 Å². The fraction of sp³-hybridized carbons (Fsp3) is 0.462. The summed E-state index contributed by atoms with van der Waals surface area (Å²) in [5.41, 5.74) is -0.0785. The molecule has 1 amide bonds. The van der Waals surface area contributed by atoms with Crippen molar-refractivity contribution >= 4 is 31.9 Å². The Morgan fingerprint density at radius 3 is 2.57 bits per heavy atom. The zero-order chi connectivity index (χ0) is 15.8. The van der Waals surface area contributed by atoms with Crippen LogP contribution in [0.2, 0.25) is 0 Å². The van der Waals surface area contributed by atoms with Gasteiger partial charge in [-0.3, -0.25) is 4.79 Å². The van der Waals surface area contributed by atoms with E-state index in [1.165, 1.54) is 0 Å². The molecule has 0 saturated heterocycles. The van der Waals surface area contributed by atoms with Gasteiger partial charge in [-0.05, 0) is 53.7 Å². The first-order valence-corrected chi connectivity index (χ1v) is 8.87. The molecule has 1 saturated carbocycles. The van der Waals surface area contributed by atoms with Gasteiger partial charge >= 0.3 is 0 Å². The Labute approximate surface area is 131 Å². The van der Waals surface area contributed by atoms with Crippen LogP contribution in [0.3, 0.4) is 0 Å². The quantitative estimate of drug-likeness (QED) is 0.840. The Morgan fingerprint density at radius 2 is 2.10 bits per heavy atom. The van der Waals surface area contributed by atoms with Crippen molar-refractivity contribution < 1.29 is 17.6 Å². The van der Waals surface area contributed by atoms with E-state index in [0.717, 1.165) is 31.4 Å². The third-order valence-electron chi connectivity index (χ3n) is 3.77. The van der Waals surface area contributed by atoms with Crippen molar-refractivity contribution in [1.82, 2.24) is 5.32 Å². The normalized spacial score (nSPS) is 17.1. The van der Waals surface area contributed by atoms with Crippen LogP contribution in [0.5, 0.6) is 0 Å². The van der Waals surface area contributed by atoms with E-state index in [9.17, 15) is 17.6 Å². The molecule has 0 radical (unpaired) electrons. The molecule has 1 atom stereocenters. The molecule has 1 aliphatic rings. The molecule has 0 aliphatic heterocycles. The Bertz CT molecular complexity index is 674. The first-order valence-electron chi connectivity index (χ1n) is 6.53. The first-order chi connectivity index (χ1) is 9.70. The van der Waals surface area contributed by atoms with Gasteiger partial charge in [0.25, 0.3) is 5.91 Å². The maximum atomic E-state index is 13.6. The van der Waals surface area contributed by atoms with E-state index in [4.69, 9.17) is 5.14 Å². The lowest BCUT2D eigenvalue weighted by Crippen LogP contribution is -2.40. The first kappa shape index (κ1) is 16.4. The molecule has 0 bridgehead atoms. The van der Waals surface area contributed by atoms with Gasteiger partial charge in [-0.2, -0.15) is 0 Å². The van der Waals surface area contributed by atoms with Crippen LogP contribution in [0, 0.1) is 11.7 Å². The van der Waals surface area contributed by atoms with Gasteiger partial charge < -0.3 is 5.32 Å². The van der Waals surface area contributed by atoms with Crippen LogP contribution in [0.25, 0.3) is 0 Å². The number of sulfonamides is 1. The van der Waals surface area contributed by atoms with Gasteiger partial charge in [0.1, 0.15) is 5.82 Å². The second-order valence-electron chi connectivity index (χ2n) is 5.26. The fourth-order valence-electron chi connectivity index (χ4n) is 2.28. The average molecular weight is 379 g/mol. The van der Waals surface area contributed by atoms with E-state index in [0.29, 0.717) is 5.92 Å². The zero-order valence-electron chi connectivity index (χ0n) is 11.4. The molecular formula is C13H16BrFN2O3S. The van der Waals surface area contributed by atoms with Gasteiger partial charge in [0.15, 0.2) is 0 Å². The number of hydrogen-bond acceptors (Lipinski definition) is 3. The van der Waals surface area contributed by atoms with Crippen molar-refractivity contribution in [1.29, 1.82) is 0 Å². The molecule has 116 valence electrons. The number of carbonyl (C=O) groups excluding carboxylic acids is 1. The van der Waals surface area contributed by atoms with Crippen molar-refractivity contribution in [3.63, 3.8) is 0 Å². The standard InChI is InChI=1S/C13H16BrFN2O3S/c1-7(8-3-2-4-8)17-13(18)10-5-9(15)6-11(12(10)14)21(16,19)20/h5-8H,2-4H2,1H3,(H,17,18)(H2,16,19,20). The number of benzene rings is 1.